The summed E-state index contributed by atoms with van der Waals surface area (Å²) in [6.45, 7) is 0. The highest BCUT2D eigenvalue weighted by Crippen LogP contribution is 2.50. The Labute approximate surface area is 133 Å². The lowest BCUT2D eigenvalue weighted by molar-refractivity contribution is -0.124. The molecule has 3 saturated heterocycles. The molecule has 5 nitrogen and oxygen atoms in total. The van der Waals surface area contributed by atoms with E-state index in [1.165, 1.54) is 4.90 Å². The molecule has 2 bridgehead atoms. The molecule has 0 saturated carbocycles. The summed E-state index contributed by atoms with van der Waals surface area (Å²) >= 11 is 0. The van der Waals surface area contributed by atoms with Crippen LogP contribution in [-0.4, -0.2) is 24.0 Å². The zero-order valence-corrected chi connectivity index (χ0v) is 12.4. The van der Waals surface area contributed by atoms with E-state index in [2.05, 4.69) is 0 Å². The Morgan fingerprint density at radius 2 is 1.52 bits per heavy atom. The van der Waals surface area contributed by atoms with E-state index >= 15 is 0 Å². The standard InChI is InChI=1S/C18H16N2O3/c19-11-5-1-4-10-9(11)3-2-6-12(10)20-17(21)15-13-7-8-14(23-13)16(15)18(20)22/h1-6,13-16H,7-8,19H2/t13-,14+,15-,16+. The number of ether oxygens (including phenoxy) is 1. The normalized spacial score (nSPS) is 32.1. The number of fused-ring (bicyclic) bond motifs is 6. The summed E-state index contributed by atoms with van der Waals surface area (Å²) in [5.74, 6) is -0.862. The largest absolute Gasteiger partial charge is 0.398 e. The van der Waals surface area contributed by atoms with Crippen molar-refractivity contribution in [3.05, 3.63) is 36.4 Å². The minimum absolute atomic E-state index is 0.0912. The molecule has 3 aliphatic rings. The van der Waals surface area contributed by atoms with Crippen LogP contribution in [0.25, 0.3) is 10.8 Å². The molecule has 3 fully saturated rings. The van der Waals surface area contributed by atoms with Crippen molar-refractivity contribution in [2.45, 2.75) is 25.0 Å². The molecule has 4 atom stereocenters. The predicted octanol–water partition coefficient (Wildman–Crippen LogP) is 2.09. The number of imide groups is 1. The molecule has 0 unspecified atom stereocenters. The first-order valence-corrected chi connectivity index (χ1v) is 7.97. The van der Waals surface area contributed by atoms with Crippen LogP contribution in [0.15, 0.2) is 36.4 Å². The highest BCUT2D eigenvalue weighted by molar-refractivity contribution is 6.26. The van der Waals surface area contributed by atoms with E-state index in [9.17, 15) is 9.59 Å². The van der Waals surface area contributed by atoms with Crippen LogP contribution in [0, 0.1) is 11.8 Å². The predicted molar refractivity (Wildman–Crippen MR) is 85.7 cm³/mol. The van der Waals surface area contributed by atoms with Crippen LogP contribution in [-0.2, 0) is 14.3 Å². The number of carbonyl (C=O) groups is 2. The number of anilines is 2. The van der Waals surface area contributed by atoms with Gasteiger partial charge in [-0.05, 0) is 25.0 Å². The molecule has 3 heterocycles. The van der Waals surface area contributed by atoms with Crippen LogP contribution in [0.5, 0.6) is 0 Å². The van der Waals surface area contributed by atoms with Gasteiger partial charge in [-0.2, -0.15) is 0 Å². The SMILES string of the molecule is Nc1cccc2c(N3C(=O)[C@@H]4[C@H](C3=O)[C@H]3CC[C@@H]4O3)cccc12. The highest BCUT2D eigenvalue weighted by Gasteiger charge is 2.62. The van der Waals surface area contributed by atoms with Gasteiger partial charge in [0.05, 0.1) is 29.7 Å². The summed E-state index contributed by atoms with van der Waals surface area (Å²) in [5.41, 5.74) is 7.31. The molecule has 2 aromatic rings. The molecule has 0 aromatic heterocycles. The van der Waals surface area contributed by atoms with E-state index in [-0.39, 0.29) is 35.9 Å². The lowest BCUT2D eigenvalue weighted by Crippen LogP contribution is -2.34. The number of hydrogen-bond donors (Lipinski definition) is 1. The Morgan fingerprint density at radius 3 is 2.22 bits per heavy atom. The highest BCUT2D eigenvalue weighted by atomic mass is 16.5. The lowest BCUT2D eigenvalue weighted by Gasteiger charge is -2.19. The van der Waals surface area contributed by atoms with Gasteiger partial charge in [-0.3, -0.25) is 9.59 Å². The third kappa shape index (κ3) is 1.55. The van der Waals surface area contributed by atoms with Gasteiger partial charge in [-0.15, -0.1) is 0 Å². The van der Waals surface area contributed by atoms with E-state index in [1.54, 1.807) is 0 Å². The molecule has 2 amide bonds. The maximum atomic E-state index is 12.9. The quantitative estimate of drug-likeness (QED) is 0.647. The molecule has 0 spiro atoms. The molecule has 3 aliphatic heterocycles. The van der Waals surface area contributed by atoms with E-state index in [0.717, 1.165) is 23.6 Å². The van der Waals surface area contributed by atoms with Crippen LogP contribution in [0.2, 0.25) is 0 Å². The fourth-order valence-corrected chi connectivity index (χ4v) is 4.46. The Kier molecular flexibility index (Phi) is 2.46. The van der Waals surface area contributed by atoms with Crippen molar-refractivity contribution in [2.24, 2.45) is 11.8 Å². The summed E-state index contributed by atoms with van der Waals surface area (Å²) in [6.07, 6.45) is 1.57. The summed E-state index contributed by atoms with van der Waals surface area (Å²) < 4.78 is 5.78. The molecule has 0 radical (unpaired) electrons. The number of hydrogen-bond acceptors (Lipinski definition) is 4. The number of rotatable bonds is 1. The number of nitrogen functional groups attached to an aromatic ring is 1. The van der Waals surface area contributed by atoms with Gasteiger partial charge in [0.1, 0.15) is 0 Å². The number of nitrogens with zero attached hydrogens (tertiary/aromatic N) is 1. The van der Waals surface area contributed by atoms with Crippen LogP contribution in [0.3, 0.4) is 0 Å². The fraction of sp³-hybridized carbons (Fsp3) is 0.333. The topological polar surface area (TPSA) is 72.6 Å². The van der Waals surface area contributed by atoms with Gasteiger partial charge in [-0.25, -0.2) is 4.90 Å². The van der Waals surface area contributed by atoms with Crippen molar-refractivity contribution in [2.75, 3.05) is 10.6 Å². The lowest BCUT2D eigenvalue weighted by atomic mass is 9.81. The summed E-state index contributed by atoms with van der Waals surface area (Å²) in [7, 11) is 0. The van der Waals surface area contributed by atoms with Gasteiger partial charge in [0.25, 0.3) is 0 Å². The molecular weight excluding hydrogens is 292 g/mol. The van der Waals surface area contributed by atoms with E-state index < -0.39 is 0 Å². The molecule has 5 rings (SSSR count). The second-order valence-electron chi connectivity index (χ2n) is 6.57. The van der Waals surface area contributed by atoms with Crippen LogP contribution in [0.1, 0.15) is 12.8 Å². The Morgan fingerprint density at radius 1 is 0.913 bits per heavy atom. The van der Waals surface area contributed by atoms with Crippen molar-refractivity contribution in [3.63, 3.8) is 0 Å². The molecule has 2 aromatic carbocycles. The molecule has 5 heteroatoms. The van der Waals surface area contributed by atoms with Gasteiger partial charge < -0.3 is 10.5 Å². The minimum atomic E-state index is -0.308. The van der Waals surface area contributed by atoms with Crippen molar-refractivity contribution in [1.82, 2.24) is 0 Å². The van der Waals surface area contributed by atoms with Crippen LogP contribution >= 0.6 is 0 Å². The van der Waals surface area contributed by atoms with Gasteiger partial charge in [0.2, 0.25) is 11.8 Å². The third-order valence-corrected chi connectivity index (χ3v) is 5.46. The van der Waals surface area contributed by atoms with E-state index in [0.29, 0.717) is 11.4 Å². The first-order valence-electron chi connectivity index (χ1n) is 7.97. The molecule has 0 aliphatic carbocycles. The van der Waals surface area contributed by atoms with E-state index in [4.69, 9.17) is 10.5 Å². The average Bonchev–Trinajstić information content (AvgIpc) is 3.22. The monoisotopic (exact) mass is 308 g/mol. The Hall–Kier alpha value is -2.40. The van der Waals surface area contributed by atoms with Crippen molar-refractivity contribution < 1.29 is 14.3 Å². The smallest absolute Gasteiger partial charge is 0.240 e. The fourth-order valence-electron chi connectivity index (χ4n) is 4.46. The second-order valence-corrected chi connectivity index (χ2v) is 6.57. The van der Waals surface area contributed by atoms with Gasteiger partial charge in [0.15, 0.2) is 0 Å². The Bertz CT molecular complexity index is 834. The molecule has 23 heavy (non-hydrogen) atoms. The Balaban J connectivity index is 1.67. The van der Waals surface area contributed by atoms with Crippen molar-refractivity contribution in [1.29, 1.82) is 0 Å². The first-order chi connectivity index (χ1) is 11.2. The van der Waals surface area contributed by atoms with E-state index in [1.807, 2.05) is 36.4 Å². The molecular formula is C18H16N2O3. The third-order valence-electron chi connectivity index (χ3n) is 5.46. The summed E-state index contributed by atoms with van der Waals surface area (Å²) in [4.78, 5) is 27.2. The summed E-state index contributed by atoms with van der Waals surface area (Å²) in [5, 5.41) is 1.70. The number of benzene rings is 2. The maximum Gasteiger partial charge on any atom is 0.240 e. The zero-order valence-electron chi connectivity index (χ0n) is 12.4. The van der Waals surface area contributed by atoms with Gasteiger partial charge in [0, 0.05) is 16.5 Å². The van der Waals surface area contributed by atoms with Crippen molar-refractivity contribution in [3.8, 4) is 0 Å². The maximum absolute atomic E-state index is 12.9. The number of amides is 2. The number of carbonyl (C=O) groups excluding carboxylic acids is 2. The minimum Gasteiger partial charge on any atom is -0.398 e. The van der Waals surface area contributed by atoms with Crippen molar-refractivity contribution >= 4 is 34.0 Å². The van der Waals surface area contributed by atoms with Gasteiger partial charge in [-0.1, -0.05) is 24.3 Å². The molecule has 116 valence electrons. The van der Waals surface area contributed by atoms with Crippen LogP contribution in [0.4, 0.5) is 11.4 Å². The zero-order chi connectivity index (χ0) is 15.7. The molecule has 2 N–H and O–H groups in total. The van der Waals surface area contributed by atoms with Gasteiger partial charge >= 0.3 is 0 Å². The van der Waals surface area contributed by atoms with Crippen LogP contribution < -0.4 is 10.6 Å². The number of nitrogens with two attached hydrogens (primary N) is 1. The second kappa shape index (κ2) is 4.32. The summed E-state index contributed by atoms with van der Waals surface area (Å²) in [6, 6.07) is 11.1. The average molecular weight is 308 g/mol. The first kappa shape index (κ1) is 13.1.